The van der Waals surface area contributed by atoms with Crippen LogP contribution < -0.4 is 10.6 Å². The molecule has 4 fully saturated rings. The van der Waals surface area contributed by atoms with E-state index in [2.05, 4.69) is 10.6 Å². The number of aryl methyl sites for hydroxylation is 2. The molecule has 162 valence electrons. The maximum Gasteiger partial charge on any atom is 0.325 e. The number of amides is 3. The van der Waals surface area contributed by atoms with Gasteiger partial charge >= 0.3 is 12.0 Å². The number of nitrogens with one attached hydrogen (secondary N) is 2. The van der Waals surface area contributed by atoms with Gasteiger partial charge in [0.15, 0.2) is 6.61 Å². The summed E-state index contributed by atoms with van der Waals surface area (Å²) in [4.78, 5) is 36.4. The largest absolute Gasteiger partial charge is 0.456 e. The van der Waals surface area contributed by atoms with Crippen molar-refractivity contribution in [2.24, 2.45) is 17.3 Å². The number of esters is 1. The molecule has 4 aliphatic rings. The van der Waals surface area contributed by atoms with E-state index >= 15 is 0 Å². The van der Waals surface area contributed by atoms with Crippen molar-refractivity contribution < 1.29 is 24.2 Å². The van der Waals surface area contributed by atoms with Gasteiger partial charge in [-0.15, -0.1) is 0 Å². The van der Waals surface area contributed by atoms with Gasteiger partial charge in [-0.05, 0) is 81.3 Å². The van der Waals surface area contributed by atoms with Gasteiger partial charge in [0.2, 0.25) is 0 Å². The molecule has 2 unspecified atom stereocenters. The average Bonchev–Trinajstić information content (AvgIpc) is 2.60. The minimum atomic E-state index is -0.672. The number of carbonyl (C=O) groups excluding carboxylic acids is 3. The summed E-state index contributed by atoms with van der Waals surface area (Å²) in [5.74, 6) is -0.136. The standard InChI is InChI=1S/C23H30N2O5/c1-14-3-4-18(15(2)5-14)24-21(28)25-19(26)12-30-20(27)11-22-7-16-6-17(8-22)10-23(29,9-16)13-22/h3-5,16-17,29H,6-13H2,1-2H3,(H2,24,25,26,28)/t16-,17+,22?,23?. The molecule has 1 aromatic rings. The predicted molar refractivity (Wildman–Crippen MR) is 111 cm³/mol. The van der Waals surface area contributed by atoms with Gasteiger partial charge < -0.3 is 15.2 Å². The van der Waals surface area contributed by atoms with Crippen molar-refractivity contribution >= 4 is 23.6 Å². The van der Waals surface area contributed by atoms with Gasteiger partial charge in [-0.25, -0.2) is 4.79 Å². The van der Waals surface area contributed by atoms with Crippen molar-refractivity contribution in [1.29, 1.82) is 0 Å². The zero-order valence-electron chi connectivity index (χ0n) is 17.6. The maximum atomic E-state index is 12.4. The van der Waals surface area contributed by atoms with E-state index in [4.69, 9.17) is 4.74 Å². The number of aliphatic hydroxyl groups is 1. The molecule has 7 heteroatoms. The van der Waals surface area contributed by atoms with Gasteiger partial charge in [-0.2, -0.15) is 0 Å². The highest BCUT2D eigenvalue weighted by Crippen LogP contribution is 2.62. The van der Waals surface area contributed by atoms with E-state index < -0.39 is 30.1 Å². The van der Waals surface area contributed by atoms with Crippen molar-refractivity contribution in [3.63, 3.8) is 0 Å². The Balaban J connectivity index is 1.24. The maximum absolute atomic E-state index is 12.4. The van der Waals surface area contributed by atoms with Gasteiger partial charge in [0, 0.05) is 5.69 Å². The van der Waals surface area contributed by atoms with Crippen LogP contribution in [0.1, 0.15) is 56.1 Å². The molecular weight excluding hydrogens is 384 g/mol. The molecule has 7 nitrogen and oxygen atoms in total. The number of hydrogen-bond acceptors (Lipinski definition) is 5. The fraction of sp³-hybridized carbons (Fsp3) is 0.609. The first kappa shape index (κ1) is 20.8. The van der Waals surface area contributed by atoms with Crippen LogP contribution >= 0.6 is 0 Å². The zero-order valence-corrected chi connectivity index (χ0v) is 17.6. The van der Waals surface area contributed by atoms with Crippen LogP contribution in [0.4, 0.5) is 10.5 Å². The minimum Gasteiger partial charge on any atom is -0.456 e. The number of rotatable bonds is 5. The number of urea groups is 1. The molecule has 4 saturated carbocycles. The van der Waals surface area contributed by atoms with E-state index in [0.29, 0.717) is 23.9 Å². The summed E-state index contributed by atoms with van der Waals surface area (Å²) in [6.07, 6.45) is 5.61. The summed E-state index contributed by atoms with van der Waals surface area (Å²) in [6, 6.07) is 4.91. The average molecular weight is 415 g/mol. The normalized spacial score (nSPS) is 31.3. The second-order valence-corrected chi connectivity index (χ2v) is 9.84. The Hall–Kier alpha value is -2.41. The van der Waals surface area contributed by atoms with Crippen LogP contribution in [0.25, 0.3) is 0 Å². The van der Waals surface area contributed by atoms with Crippen molar-refractivity contribution in [1.82, 2.24) is 5.32 Å². The first-order valence-electron chi connectivity index (χ1n) is 10.7. The Labute approximate surface area is 176 Å². The summed E-state index contributed by atoms with van der Waals surface area (Å²) < 4.78 is 5.15. The number of benzene rings is 1. The van der Waals surface area contributed by atoms with Crippen molar-refractivity contribution in [2.45, 2.75) is 64.4 Å². The molecule has 0 aromatic heterocycles. The monoisotopic (exact) mass is 414 g/mol. The predicted octanol–water partition coefficient (Wildman–Crippen LogP) is 3.22. The van der Waals surface area contributed by atoms with Crippen molar-refractivity contribution in [3.8, 4) is 0 Å². The van der Waals surface area contributed by atoms with Gasteiger partial charge in [0.05, 0.1) is 12.0 Å². The van der Waals surface area contributed by atoms with Crippen LogP contribution in [0.5, 0.6) is 0 Å². The molecule has 0 aliphatic heterocycles. The molecule has 0 saturated heterocycles. The summed E-state index contributed by atoms with van der Waals surface area (Å²) in [5.41, 5.74) is 1.75. The SMILES string of the molecule is Cc1ccc(NC(=O)NC(=O)COC(=O)CC23C[C@@H]4C[C@@H](CC(O)(C4)C2)C3)c(C)c1. The minimum absolute atomic E-state index is 0.202. The quantitative estimate of drug-likeness (QED) is 0.642. The van der Waals surface area contributed by atoms with Crippen LogP contribution in [0, 0.1) is 31.1 Å². The van der Waals surface area contributed by atoms with E-state index in [1.54, 1.807) is 6.07 Å². The number of carbonyl (C=O) groups is 3. The third-order valence-electron chi connectivity index (χ3n) is 6.92. The van der Waals surface area contributed by atoms with Crippen LogP contribution in [0.3, 0.4) is 0 Å². The number of imide groups is 1. The Morgan fingerprint density at radius 2 is 1.83 bits per heavy atom. The highest BCUT2D eigenvalue weighted by Gasteiger charge is 2.57. The van der Waals surface area contributed by atoms with Crippen molar-refractivity contribution in [2.75, 3.05) is 11.9 Å². The van der Waals surface area contributed by atoms with Crippen LogP contribution in [0.2, 0.25) is 0 Å². The van der Waals surface area contributed by atoms with Gasteiger partial charge in [0.1, 0.15) is 0 Å². The Morgan fingerprint density at radius 3 is 2.47 bits per heavy atom. The molecule has 4 bridgehead atoms. The Kier molecular flexibility index (Phi) is 5.34. The molecule has 0 spiro atoms. The molecular formula is C23H30N2O5. The van der Waals surface area contributed by atoms with Crippen LogP contribution in [0.15, 0.2) is 18.2 Å². The smallest absolute Gasteiger partial charge is 0.325 e. The third-order valence-corrected chi connectivity index (χ3v) is 6.92. The fourth-order valence-electron chi connectivity index (χ4n) is 6.38. The molecule has 0 radical (unpaired) electrons. The molecule has 4 atom stereocenters. The topological polar surface area (TPSA) is 105 Å². The van der Waals surface area contributed by atoms with Crippen molar-refractivity contribution in [3.05, 3.63) is 29.3 Å². The van der Waals surface area contributed by atoms with E-state index in [9.17, 15) is 19.5 Å². The lowest BCUT2D eigenvalue weighted by atomic mass is 9.47. The summed E-state index contributed by atoms with van der Waals surface area (Å²) in [5, 5.41) is 15.6. The number of ether oxygens (including phenoxy) is 1. The highest BCUT2D eigenvalue weighted by atomic mass is 16.5. The molecule has 0 heterocycles. The van der Waals surface area contributed by atoms with E-state index in [1.807, 2.05) is 26.0 Å². The zero-order chi connectivity index (χ0) is 21.5. The van der Waals surface area contributed by atoms with Gasteiger partial charge in [0.25, 0.3) is 5.91 Å². The second kappa shape index (κ2) is 7.69. The summed E-state index contributed by atoms with van der Waals surface area (Å²) >= 11 is 0. The third kappa shape index (κ3) is 4.51. The number of anilines is 1. The molecule has 1 aromatic carbocycles. The lowest BCUT2D eigenvalue weighted by Crippen LogP contribution is -2.56. The molecule has 30 heavy (non-hydrogen) atoms. The highest BCUT2D eigenvalue weighted by molar-refractivity contribution is 6.02. The van der Waals surface area contributed by atoms with E-state index in [-0.39, 0.29) is 11.8 Å². The van der Waals surface area contributed by atoms with E-state index in [0.717, 1.165) is 43.2 Å². The first-order chi connectivity index (χ1) is 14.1. The molecule has 3 amide bonds. The first-order valence-corrected chi connectivity index (χ1v) is 10.7. The second-order valence-electron chi connectivity index (χ2n) is 9.84. The van der Waals surface area contributed by atoms with Crippen LogP contribution in [-0.2, 0) is 14.3 Å². The Morgan fingerprint density at radius 1 is 1.13 bits per heavy atom. The molecule has 3 N–H and O–H groups in total. The Bertz CT molecular complexity index is 866. The fourth-order valence-corrected chi connectivity index (χ4v) is 6.38. The van der Waals surface area contributed by atoms with Gasteiger partial charge in [-0.1, -0.05) is 17.7 Å². The lowest BCUT2D eigenvalue weighted by Gasteiger charge is -2.60. The number of hydrogen-bond donors (Lipinski definition) is 3. The van der Waals surface area contributed by atoms with Crippen LogP contribution in [-0.4, -0.2) is 35.2 Å². The summed E-state index contributed by atoms with van der Waals surface area (Å²) in [7, 11) is 0. The lowest BCUT2D eigenvalue weighted by molar-refractivity contribution is -0.177. The molecule has 4 aliphatic carbocycles. The molecule has 5 rings (SSSR count). The summed E-state index contributed by atoms with van der Waals surface area (Å²) in [6.45, 7) is 3.33. The van der Waals surface area contributed by atoms with Gasteiger partial charge in [-0.3, -0.25) is 14.9 Å². The van der Waals surface area contributed by atoms with E-state index in [1.165, 1.54) is 0 Å².